The first-order valence-corrected chi connectivity index (χ1v) is 9.03. The van der Waals surface area contributed by atoms with Gasteiger partial charge in [-0.05, 0) is 56.1 Å². The highest BCUT2D eigenvalue weighted by atomic mass is 32.2. The molecule has 1 N–H and O–H groups in total. The molecule has 0 spiro atoms. The number of carbonyl (C=O) groups excluding carboxylic acids is 1. The van der Waals surface area contributed by atoms with E-state index >= 15 is 0 Å². The zero-order valence-corrected chi connectivity index (χ0v) is 13.8. The van der Waals surface area contributed by atoms with Gasteiger partial charge in [0.1, 0.15) is 0 Å². The number of nitrogens with one attached hydrogen (secondary N) is 1. The maximum absolute atomic E-state index is 13.2. The Morgan fingerprint density at radius 2 is 1.70 bits per heavy atom. The molecule has 0 radical (unpaired) electrons. The molecule has 2 aromatic carbocycles. The largest absolute Gasteiger partial charge is 0.317 e. The molecule has 0 aromatic heterocycles. The third kappa shape index (κ3) is 2.89. The summed E-state index contributed by atoms with van der Waals surface area (Å²) in [6, 6.07) is 16.2. The quantitative estimate of drug-likeness (QED) is 0.912. The molecule has 0 atom stereocenters. The first kappa shape index (κ1) is 14.8. The number of rotatable bonds is 2. The van der Waals surface area contributed by atoms with E-state index < -0.39 is 0 Å². The summed E-state index contributed by atoms with van der Waals surface area (Å²) in [5.74, 6) is 0.708. The number of amides is 1. The molecule has 1 saturated heterocycles. The lowest BCUT2D eigenvalue weighted by atomic mass is 9.97. The Balaban J connectivity index is 1.74. The maximum atomic E-state index is 13.2. The molecule has 23 heavy (non-hydrogen) atoms. The van der Waals surface area contributed by atoms with Crippen molar-refractivity contribution in [2.45, 2.75) is 22.6 Å². The van der Waals surface area contributed by atoms with Gasteiger partial charge in [-0.2, -0.15) is 0 Å². The molecule has 4 rings (SSSR count). The van der Waals surface area contributed by atoms with Gasteiger partial charge >= 0.3 is 0 Å². The molecule has 3 nitrogen and oxygen atoms in total. The van der Waals surface area contributed by atoms with Crippen molar-refractivity contribution in [1.82, 2.24) is 5.32 Å². The second-order valence-electron chi connectivity index (χ2n) is 6.18. The van der Waals surface area contributed by atoms with Crippen molar-refractivity contribution >= 4 is 23.4 Å². The fraction of sp³-hybridized carbons (Fsp3) is 0.316. The molecule has 118 valence electrons. The number of piperidine rings is 1. The number of benzene rings is 2. The van der Waals surface area contributed by atoms with Crippen LogP contribution in [-0.2, 0) is 0 Å². The topological polar surface area (TPSA) is 32.3 Å². The number of nitrogens with zero attached hydrogens (tertiary/aromatic N) is 1. The van der Waals surface area contributed by atoms with Gasteiger partial charge in [-0.15, -0.1) is 0 Å². The van der Waals surface area contributed by atoms with E-state index in [4.69, 9.17) is 0 Å². The highest BCUT2D eigenvalue weighted by molar-refractivity contribution is 7.99. The summed E-state index contributed by atoms with van der Waals surface area (Å²) in [5.41, 5.74) is 1.87. The van der Waals surface area contributed by atoms with Crippen molar-refractivity contribution in [3.8, 4) is 0 Å². The van der Waals surface area contributed by atoms with Crippen molar-refractivity contribution < 1.29 is 4.79 Å². The number of anilines is 1. The standard InChI is InChI=1S/C19H20N2OS/c22-19-15-5-1-3-7-17(15)23-18-8-4-2-6-16(18)21(19)13-14-9-11-20-12-10-14/h1-8,14,20H,9-13H2. The third-order valence-electron chi connectivity index (χ3n) is 4.64. The predicted molar refractivity (Wildman–Crippen MR) is 94.3 cm³/mol. The number of hydrogen-bond donors (Lipinski definition) is 1. The van der Waals surface area contributed by atoms with Crippen LogP contribution in [0.4, 0.5) is 5.69 Å². The second-order valence-corrected chi connectivity index (χ2v) is 7.26. The molecule has 2 aliphatic rings. The average Bonchev–Trinajstić information content (AvgIpc) is 2.72. The van der Waals surface area contributed by atoms with E-state index in [1.165, 1.54) is 4.90 Å². The van der Waals surface area contributed by atoms with E-state index in [0.29, 0.717) is 5.92 Å². The molecule has 2 aromatic rings. The number of carbonyl (C=O) groups is 1. The van der Waals surface area contributed by atoms with Crippen molar-refractivity contribution in [2.24, 2.45) is 5.92 Å². The SMILES string of the molecule is O=C1c2ccccc2Sc2ccccc2N1CC1CCNCC1. The maximum Gasteiger partial charge on any atom is 0.259 e. The van der Waals surface area contributed by atoms with Crippen LogP contribution in [0.5, 0.6) is 0 Å². The Morgan fingerprint density at radius 3 is 2.52 bits per heavy atom. The van der Waals surface area contributed by atoms with Crippen LogP contribution in [-0.4, -0.2) is 25.5 Å². The summed E-state index contributed by atoms with van der Waals surface area (Å²) in [7, 11) is 0. The summed E-state index contributed by atoms with van der Waals surface area (Å²) in [6.45, 7) is 2.92. The molecule has 2 heterocycles. The number of hydrogen-bond acceptors (Lipinski definition) is 3. The fourth-order valence-corrected chi connectivity index (χ4v) is 4.45. The Labute approximate surface area is 141 Å². The lowest BCUT2D eigenvalue weighted by Crippen LogP contribution is -2.39. The average molecular weight is 324 g/mol. The van der Waals surface area contributed by atoms with E-state index in [0.717, 1.165) is 48.6 Å². The Bertz CT molecular complexity index is 725. The van der Waals surface area contributed by atoms with Gasteiger partial charge in [0.25, 0.3) is 5.91 Å². The van der Waals surface area contributed by atoms with Crippen LogP contribution in [0.15, 0.2) is 58.3 Å². The summed E-state index contributed by atoms with van der Waals surface area (Å²) >= 11 is 1.70. The lowest BCUT2D eigenvalue weighted by molar-refractivity contribution is 0.0978. The van der Waals surface area contributed by atoms with Gasteiger partial charge in [-0.25, -0.2) is 0 Å². The van der Waals surface area contributed by atoms with Crippen molar-refractivity contribution in [1.29, 1.82) is 0 Å². The number of para-hydroxylation sites is 1. The minimum atomic E-state index is 0.136. The van der Waals surface area contributed by atoms with E-state index in [-0.39, 0.29) is 5.91 Å². The Morgan fingerprint density at radius 1 is 1.00 bits per heavy atom. The van der Waals surface area contributed by atoms with Crippen LogP contribution in [0.2, 0.25) is 0 Å². The molecule has 2 aliphatic heterocycles. The minimum absolute atomic E-state index is 0.136. The monoisotopic (exact) mass is 324 g/mol. The van der Waals surface area contributed by atoms with E-state index in [2.05, 4.69) is 17.4 Å². The van der Waals surface area contributed by atoms with Gasteiger partial charge in [0, 0.05) is 16.3 Å². The van der Waals surface area contributed by atoms with E-state index in [1.54, 1.807) is 11.8 Å². The summed E-state index contributed by atoms with van der Waals surface area (Å²) in [4.78, 5) is 17.4. The minimum Gasteiger partial charge on any atom is -0.317 e. The van der Waals surface area contributed by atoms with Crippen LogP contribution in [0.25, 0.3) is 0 Å². The zero-order valence-electron chi connectivity index (χ0n) is 13.0. The summed E-state index contributed by atoms with van der Waals surface area (Å²) in [5, 5.41) is 3.40. The van der Waals surface area contributed by atoms with E-state index in [1.807, 2.05) is 41.3 Å². The first-order chi connectivity index (χ1) is 11.3. The third-order valence-corrected chi connectivity index (χ3v) is 5.78. The van der Waals surface area contributed by atoms with Crippen LogP contribution in [0.1, 0.15) is 23.2 Å². The van der Waals surface area contributed by atoms with Gasteiger partial charge in [0.15, 0.2) is 0 Å². The van der Waals surface area contributed by atoms with Crippen LogP contribution in [0, 0.1) is 5.92 Å². The van der Waals surface area contributed by atoms with Gasteiger partial charge < -0.3 is 10.2 Å². The first-order valence-electron chi connectivity index (χ1n) is 8.21. The highest BCUT2D eigenvalue weighted by Gasteiger charge is 2.29. The van der Waals surface area contributed by atoms with Crippen molar-refractivity contribution in [2.75, 3.05) is 24.5 Å². The Kier molecular flexibility index (Phi) is 4.10. The molecule has 0 saturated carbocycles. The van der Waals surface area contributed by atoms with Crippen LogP contribution < -0.4 is 10.2 Å². The molecule has 1 fully saturated rings. The van der Waals surface area contributed by atoms with E-state index in [9.17, 15) is 4.79 Å². The molecular weight excluding hydrogens is 304 g/mol. The molecule has 4 heteroatoms. The highest BCUT2D eigenvalue weighted by Crippen LogP contribution is 2.41. The predicted octanol–water partition coefficient (Wildman–Crippen LogP) is 3.80. The van der Waals surface area contributed by atoms with Crippen molar-refractivity contribution in [3.63, 3.8) is 0 Å². The molecule has 0 bridgehead atoms. The fourth-order valence-electron chi connectivity index (χ4n) is 3.38. The summed E-state index contributed by atoms with van der Waals surface area (Å²) < 4.78 is 0. The van der Waals surface area contributed by atoms with Gasteiger partial charge in [0.2, 0.25) is 0 Å². The molecule has 0 aliphatic carbocycles. The Hall–Kier alpha value is -1.78. The second kappa shape index (κ2) is 6.38. The van der Waals surface area contributed by atoms with Gasteiger partial charge in [-0.3, -0.25) is 4.79 Å². The smallest absolute Gasteiger partial charge is 0.259 e. The van der Waals surface area contributed by atoms with Crippen LogP contribution >= 0.6 is 11.8 Å². The summed E-state index contributed by atoms with van der Waals surface area (Å²) in [6.07, 6.45) is 2.28. The number of fused-ring (bicyclic) bond motifs is 2. The van der Waals surface area contributed by atoms with Gasteiger partial charge in [0.05, 0.1) is 11.3 Å². The molecular formula is C19H20N2OS. The van der Waals surface area contributed by atoms with Crippen molar-refractivity contribution in [3.05, 3.63) is 54.1 Å². The molecule has 1 amide bonds. The lowest BCUT2D eigenvalue weighted by Gasteiger charge is -2.30. The van der Waals surface area contributed by atoms with Crippen LogP contribution in [0.3, 0.4) is 0 Å². The molecule has 0 unspecified atom stereocenters. The zero-order chi connectivity index (χ0) is 15.6. The normalized spacial score (nSPS) is 18.3. The van der Waals surface area contributed by atoms with Gasteiger partial charge in [-0.1, -0.05) is 36.0 Å².